The first-order chi connectivity index (χ1) is 23.5. The molecule has 0 saturated carbocycles. The number of phenolic OH excluding ortho intramolecular Hbond substituents is 1. The van der Waals surface area contributed by atoms with Gasteiger partial charge in [0.1, 0.15) is 22.7 Å². The highest BCUT2D eigenvalue weighted by Crippen LogP contribution is 2.44. The molecule has 0 atom stereocenters. The van der Waals surface area contributed by atoms with Crippen LogP contribution in [-0.4, -0.2) is 27.7 Å². The van der Waals surface area contributed by atoms with E-state index in [9.17, 15) is 5.11 Å². The van der Waals surface area contributed by atoms with Crippen molar-refractivity contribution in [2.24, 2.45) is 0 Å². The van der Waals surface area contributed by atoms with Crippen LogP contribution < -0.4 is 5.19 Å². The number of benzene rings is 5. The molecule has 3 aromatic heterocycles. The number of rotatable bonds is 5. The van der Waals surface area contributed by atoms with Crippen LogP contribution in [0.5, 0.6) is 5.75 Å². The van der Waals surface area contributed by atoms with Crippen molar-refractivity contribution in [2.75, 3.05) is 0 Å². The van der Waals surface area contributed by atoms with E-state index >= 15 is 0 Å². The third-order valence-corrected chi connectivity index (χ3v) is 11.5. The first kappa shape index (κ1) is 30.8. The number of para-hydroxylation sites is 4. The molecule has 8 rings (SSSR count). The minimum absolute atomic E-state index is 0.247. The summed E-state index contributed by atoms with van der Waals surface area (Å²) in [7, 11) is -1.50. The molecule has 0 spiro atoms. The van der Waals surface area contributed by atoms with Crippen molar-refractivity contribution in [2.45, 2.75) is 45.8 Å². The van der Waals surface area contributed by atoms with Crippen LogP contribution in [0, 0.1) is 0 Å². The van der Waals surface area contributed by atoms with Gasteiger partial charge in [0.2, 0.25) is 0 Å². The lowest BCUT2D eigenvalue weighted by molar-refractivity contribution is 0.448. The van der Waals surface area contributed by atoms with Crippen LogP contribution in [0.25, 0.3) is 72.4 Å². The average Bonchev–Trinajstić information content (AvgIpc) is 3.66. The monoisotopic (exact) mass is 657 g/mol. The van der Waals surface area contributed by atoms with Gasteiger partial charge in [0.25, 0.3) is 0 Å². The topological polar surface area (TPSA) is 64.1 Å². The van der Waals surface area contributed by atoms with Crippen molar-refractivity contribution in [3.8, 4) is 45.2 Å². The van der Waals surface area contributed by atoms with Crippen molar-refractivity contribution < 1.29 is 9.52 Å². The van der Waals surface area contributed by atoms with Crippen molar-refractivity contribution in [1.29, 1.82) is 0 Å². The summed E-state index contributed by atoms with van der Waals surface area (Å²) in [4.78, 5) is 10.3. The zero-order valence-electron chi connectivity index (χ0n) is 28.7. The molecule has 49 heavy (non-hydrogen) atoms. The summed E-state index contributed by atoms with van der Waals surface area (Å²) in [6, 6.07) is 39.5. The molecular weight excluding hydrogens is 619 g/mol. The smallest absolute Gasteiger partial charge is 0.149 e. The standard InChI is InChI=1S/C43H39N3O2Si/c1-43(2,3)35-19-12-18-32(40(35)47)42-45-39-31(17-13-20-37(39)46(42)28-14-8-7-9-15-28)34-25-27(36-23-22-29(26-44-36)49(4,5)6)24-33-30-16-10-11-21-38(30)48-41(33)34/h7-26,47H,1-6H3. The lowest BCUT2D eigenvalue weighted by Crippen LogP contribution is -2.37. The van der Waals surface area contributed by atoms with E-state index in [4.69, 9.17) is 14.4 Å². The van der Waals surface area contributed by atoms with Crippen LogP contribution >= 0.6 is 0 Å². The molecule has 0 amide bonds. The molecule has 6 heteroatoms. The molecule has 1 N–H and O–H groups in total. The van der Waals surface area contributed by atoms with E-state index in [0.29, 0.717) is 11.4 Å². The summed E-state index contributed by atoms with van der Waals surface area (Å²) in [6.45, 7) is 13.4. The van der Waals surface area contributed by atoms with Gasteiger partial charge in [-0.2, -0.15) is 0 Å². The second kappa shape index (κ2) is 11.3. The van der Waals surface area contributed by atoms with E-state index in [-0.39, 0.29) is 11.2 Å². The van der Waals surface area contributed by atoms with Crippen LogP contribution in [-0.2, 0) is 5.41 Å². The second-order valence-electron chi connectivity index (χ2n) is 14.9. The van der Waals surface area contributed by atoms with Crippen molar-refractivity contribution >= 4 is 46.2 Å². The fraction of sp³-hybridized carbons (Fsp3) is 0.163. The molecule has 0 bridgehead atoms. The lowest BCUT2D eigenvalue weighted by atomic mass is 9.85. The summed E-state index contributed by atoms with van der Waals surface area (Å²) < 4.78 is 8.78. The van der Waals surface area contributed by atoms with Crippen LogP contribution in [0.15, 0.2) is 126 Å². The Balaban J connectivity index is 1.43. The van der Waals surface area contributed by atoms with Gasteiger partial charge in [-0.25, -0.2) is 4.98 Å². The van der Waals surface area contributed by atoms with Gasteiger partial charge in [-0.05, 0) is 64.7 Å². The molecule has 0 fully saturated rings. The molecule has 0 aliphatic rings. The average molecular weight is 658 g/mol. The van der Waals surface area contributed by atoms with Crippen LogP contribution in [0.4, 0.5) is 0 Å². The SMILES string of the molecule is CC(C)(C)c1cccc(-c2nc3c(-c4cc(-c5ccc([Si](C)(C)C)cn5)cc5c4oc4ccccc45)cccc3n2-c2ccccc2)c1O. The third kappa shape index (κ3) is 5.24. The zero-order chi connectivity index (χ0) is 34.1. The Bertz CT molecular complexity index is 2510. The number of imidazole rings is 1. The summed E-state index contributed by atoms with van der Waals surface area (Å²) in [5, 5.41) is 15.2. The van der Waals surface area contributed by atoms with E-state index in [1.807, 2.05) is 54.7 Å². The van der Waals surface area contributed by atoms with E-state index in [0.717, 1.165) is 66.6 Å². The first-order valence-electron chi connectivity index (χ1n) is 16.8. The van der Waals surface area contributed by atoms with E-state index < -0.39 is 8.07 Å². The van der Waals surface area contributed by atoms with Crippen LogP contribution in [0.3, 0.4) is 0 Å². The Hall–Kier alpha value is -5.46. The number of phenols is 1. The summed E-state index contributed by atoms with van der Waals surface area (Å²) >= 11 is 0. The largest absolute Gasteiger partial charge is 0.507 e. The summed E-state index contributed by atoms with van der Waals surface area (Å²) in [5.74, 6) is 0.927. The molecule has 0 aliphatic heterocycles. The van der Waals surface area contributed by atoms with Gasteiger partial charge in [-0.1, -0.05) is 107 Å². The molecular formula is C43H39N3O2Si. The quantitative estimate of drug-likeness (QED) is 0.187. The number of aromatic nitrogens is 3. The van der Waals surface area contributed by atoms with E-state index in [2.05, 4.69) is 112 Å². The molecule has 0 aliphatic carbocycles. The molecule has 0 radical (unpaired) electrons. The number of aromatic hydroxyl groups is 1. The number of hydrogen-bond donors (Lipinski definition) is 1. The highest BCUT2D eigenvalue weighted by Gasteiger charge is 2.26. The Morgan fingerprint density at radius 3 is 2.18 bits per heavy atom. The molecule has 0 saturated heterocycles. The summed E-state index contributed by atoms with van der Waals surface area (Å²) in [5.41, 5.74) is 9.52. The number of furan rings is 1. The van der Waals surface area contributed by atoms with Gasteiger partial charge in [0.15, 0.2) is 0 Å². The van der Waals surface area contributed by atoms with Gasteiger partial charge in [-0.3, -0.25) is 9.55 Å². The van der Waals surface area contributed by atoms with Gasteiger partial charge < -0.3 is 9.52 Å². The lowest BCUT2D eigenvalue weighted by Gasteiger charge is -2.22. The predicted octanol–water partition coefficient (Wildman–Crippen LogP) is 10.9. The number of nitrogens with zero attached hydrogens (tertiary/aromatic N) is 3. The molecule has 242 valence electrons. The molecule has 3 heterocycles. The van der Waals surface area contributed by atoms with Gasteiger partial charge >= 0.3 is 0 Å². The van der Waals surface area contributed by atoms with Crippen LogP contribution in [0.1, 0.15) is 26.3 Å². The predicted molar refractivity (Wildman–Crippen MR) is 206 cm³/mol. The van der Waals surface area contributed by atoms with E-state index in [1.54, 1.807) is 0 Å². The number of fused-ring (bicyclic) bond motifs is 4. The highest BCUT2D eigenvalue weighted by atomic mass is 28.3. The first-order valence-corrected chi connectivity index (χ1v) is 20.3. The second-order valence-corrected chi connectivity index (χ2v) is 20.0. The fourth-order valence-corrected chi connectivity index (χ4v) is 7.88. The number of pyridine rings is 1. The highest BCUT2D eigenvalue weighted by molar-refractivity contribution is 6.88. The van der Waals surface area contributed by atoms with E-state index in [1.165, 1.54) is 5.19 Å². The Morgan fingerprint density at radius 2 is 1.45 bits per heavy atom. The van der Waals surface area contributed by atoms with Crippen molar-refractivity contribution in [3.63, 3.8) is 0 Å². The van der Waals surface area contributed by atoms with Crippen molar-refractivity contribution in [3.05, 3.63) is 127 Å². The fourth-order valence-electron chi connectivity index (χ4n) is 6.85. The maximum absolute atomic E-state index is 11.7. The normalized spacial score (nSPS) is 12.4. The molecule has 5 aromatic carbocycles. The van der Waals surface area contributed by atoms with Crippen molar-refractivity contribution in [1.82, 2.24) is 14.5 Å². The number of hydrogen-bond acceptors (Lipinski definition) is 4. The zero-order valence-corrected chi connectivity index (χ0v) is 29.7. The minimum Gasteiger partial charge on any atom is -0.507 e. The molecule has 8 aromatic rings. The molecule has 0 unspecified atom stereocenters. The summed E-state index contributed by atoms with van der Waals surface area (Å²) in [6.07, 6.45) is 2.05. The Kier molecular flexibility index (Phi) is 7.12. The maximum Gasteiger partial charge on any atom is 0.149 e. The maximum atomic E-state index is 11.7. The van der Waals surface area contributed by atoms with Crippen LogP contribution in [0.2, 0.25) is 19.6 Å². The Morgan fingerprint density at radius 1 is 0.714 bits per heavy atom. The minimum atomic E-state index is -1.50. The van der Waals surface area contributed by atoms with Gasteiger partial charge in [-0.15, -0.1) is 0 Å². The van der Waals surface area contributed by atoms with Gasteiger partial charge in [0.05, 0.1) is 30.4 Å². The Labute approximate surface area is 287 Å². The van der Waals surface area contributed by atoms with Gasteiger partial charge in [0, 0.05) is 39.3 Å². The molecule has 5 nitrogen and oxygen atoms in total. The third-order valence-electron chi connectivity index (χ3n) is 9.48.